The van der Waals surface area contributed by atoms with Crippen LogP contribution >= 0.6 is 0 Å². The first-order chi connectivity index (χ1) is 4.41. The first-order valence-corrected chi connectivity index (χ1v) is 3.70. The molecule has 55 valence electrons. The molecule has 1 N–H and O–H groups in total. The molecule has 2 heteroatoms. The van der Waals surface area contributed by atoms with Gasteiger partial charge in [-0.15, -0.1) is 0 Å². The van der Waals surface area contributed by atoms with Crippen LogP contribution in [-0.2, 0) is 5.11 Å². The zero-order valence-electron chi connectivity index (χ0n) is 6.15. The minimum absolute atomic E-state index is 0.133. The van der Waals surface area contributed by atoms with Crippen molar-refractivity contribution in [2.75, 3.05) is 13.3 Å². The van der Waals surface area contributed by atoms with Gasteiger partial charge in [0.1, 0.15) is 6.73 Å². The Hall–Kier alpha value is -0.0800. The second-order valence-corrected chi connectivity index (χ2v) is 2.20. The van der Waals surface area contributed by atoms with Crippen molar-refractivity contribution in [1.82, 2.24) is 5.32 Å². The molecule has 0 bridgehead atoms. The monoisotopic (exact) mass is 130 g/mol. The number of hydrogen-bond acceptors (Lipinski definition) is 1. The van der Waals surface area contributed by atoms with Gasteiger partial charge in [-0.05, 0) is 13.0 Å². The van der Waals surface area contributed by atoms with Crippen molar-refractivity contribution in [2.24, 2.45) is 0 Å². The van der Waals surface area contributed by atoms with Gasteiger partial charge in [-0.2, -0.15) is 0 Å². The summed E-state index contributed by atoms with van der Waals surface area (Å²) in [6.45, 7) is 2.94. The molecule has 0 aliphatic heterocycles. The van der Waals surface area contributed by atoms with Gasteiger partial charge in [-0.25, -0.2) is 5.11 Å². The fraction of sp³-hybridized carbons (Fsp3) is 1.00. The van der Waals surface area contributed by atoms with Crippen LogP contribution in [-0.4, -0.2) is 13.3 Å². The summed E-state index contributed by atoms with van der Waals surface area (Å²) in [4.78, 5) is 0. The molecule has 0 spiro atoms. The predicted octanol–water partition coefficient (Wildman–Crippen LogP) is 1.54. The molecule has 0 atom stereocenters. The normalized spacial score (nSPS) is 10.0. The minimum atomic E-state index is -0.133. The molecule has 0 saturated heterocycles. The van der Waals surface area contributed by atoms with E-state index in [9.17, 15) is 5.11 Å². The van der Waals surface area contributed by atoms with Crippen LogP contribution in [0.4, 0.5) is 0 Å². The first-order valence-electron chi connectivity index (χ1n) is 3.70. The summed E-state index contributed by atoms with van der Waals surface area (Å²) in [5, 5.41) is 12.6. The van der Waals surface area contributed by atoms with Crippen LogP contribution in [0.15, 0.2) is 0 Å². The lowest BCUT2D eigenvalue weighted by Crippen LogP contribution is -2.14. The summed E-state index contributed by atoms with van der Waals surface area (Å²) in [7, 11) is 0. The number of nitrogens with one attached hydrogen (secondary N) is 1. The van der Waals surface area contributed by atoms with E-state index in [1.807, 2.05) is 0 Å². The molecule has 0 aliphatic carbocycles. The Labute approximate surface area is 57.3 Å². The van der Waals surface area contributed by atoms with E-state index < -0.39 is 0 Å². The molecule has 0 aromatic heterocycles. The number of unbranched alkanes of at least 4 members (excludes halogenated alkanes) is 3. The highest BCUT2D eigenvalue weighted by atomic mass is 16.3. The second-order valence-electron chi connectivity index (χ2n) is 2.20. The van der Waals surface area contributed by atoms with E-state index in [1.165, 1.54) is 19.3 Å². The van der Waals surface area contributed by atoms with E-state index in [4.69, 9.17) is 0 Å². The van der Waals surface area contributed by atoms with E-state index in [2.05, 4.69) is 12.2 Å². The lowest BCUT2D eigenvalue weighted by Gasteiger charge is -1.97. The van der Waals surface area contributed by atoms with Gasteiger partial charge in [0.15, 0.2) is 0 Å². The Balaban J connectivity index is 2.60. The van der Waals surface area contributed by atoms with E-state index in [-0.39, 0.29) is 6.73 Å². The maximum Gasteiger partial charge on any atom is 0.133 e. The highest BCUT2D eigenvalue weighted by Crippen LogP contribution is 1.96. The highest BCUT2D eigenvalue weighted by molar-refractivity contribution is 4.42. The Morgan fingerprint density at radius 1 is 1.22 bits per heavy atom. The van der Waals surface area contributed by atoms with Gasteiger partial charge in [-0.3, -0.25) is 5.32 Å². The fourth-order valence-corrected chi connectivity index (χ4v) is 0.749. The van der Waals surface area contributed by atoms with Gasteiger partial charge in [0.2, 0.25) is 0 Å². The smallest absolute Gasteiger partial charge is 0.133 e. The van der Waals surface area contributed by atoms with Gasteiger partial charge >= 0.3 is 0 Å². The first kappa shape index (κ1) is 8.92. The third kappa shape index (κ3) is 7.92. The third-order valence-corrected chi connectivity index (χ3v) is 1.31. The summed E-state index contributed by atoms with van der Waals surface area (Å²) >= 11 is 0. The van der Waals surface area contributed by atoms with Crippen molar-refractivity contribution in [3.8, 4) is 0 Å². The van der Waals surface area contributed by atoms with Crippen molar-refractivity contribution in [2.45, 2.75) is 32.6 Å². The average molecular weight is 130 g/mol. The molecule has 2 nitrogen and oxygen atoms in total. The molecular weight excluding hydrogens is 114 g/mol. The Morgan fingerprint density at radius 2 is 2.00 bits per heavy atom. The Bertz CT molecular complexity index is 42.2. The molecular formula is C7H16NO. The molecule has 9 heavy (non-hydrogen) atoms. The van der Waals surface area contributed by atoms with Crippen molar-refractivity contribution in [3.63, 3.8) is 0 Å². The van der Waals surface area contributed by atoms with Crippen LogP contribution in [0.5, 0.6) is 0 Å². The van der Waals surface area contributed by atoms with Gasteiger partial charge in [0.25, 0.3) is 0 Å². The summed E-state index contributed by atoms with van der Waals surface area (Å²) < 4.78 is 0. The van der Waals surface area contributed by atoms with Gasteiger partial charge in [-0.1, -0.05) is 26.2 Å². The number of hydrogen-bond donors (Lipinski definition) is 1. The van der Waals surface area contributed by atoms with E-state index in [0.29, 0.717) is 0 Å². The molecule has 0 heterocycles. The summed E-state index contributed by atoms with van der Waals surface area (Å²) in [5.41, 5.74) is 0. The molecule has 0 fully saturated rings. The highest BCUT2D eigenvalue weighted by Gasteiger charge is 1.85. The third-order valence-electron chi connectivity index (χ3n) is 1.31. The molecule has 0 aromatic rings. The lowest BCUT2D eigenvalue weighted by molar-refractivity contribution is 0.167. The molecule has 0 unspecified atom stereocenters. The van der Waals surface area contributed by atoms with Crippen LogP contribution in [0.25, 0.3) is 0 Å². The summed E-state index contributed by atoms with van der Waals surface area (Å²) in [6.07, 6.45) is 4.96. The molecule has 0 rings (SSSR count). The van der Waals surface area contributed by atoms with Crippen LogP contribution in [0.2, 0.25) is 0 Å². The van der Waals surface area contributed by atoms with Crippen LogP contribution < -0.4 is 5.32 Å². The van der Waals surface area contributed by atoms with Crippen molar-refractivity contribution >= 4 is 0 Å². The second kappa shape index (κ2) is 7.92. The quantitative estimate of drug-likeness (QED) is 0.429. The van der Waals surface area contributed by atoms with Crippen molar-refractivity contribution in [3.05, 3.63) is 0 Å². The minimum Gasteiger partial charge on any atom is -0.292 e. The Kier molecular flexibility index (Phi) is 7.85. The van der Waals surface area contributed by atoms with Crippen molar-refractivity contribution in [1.29, 1.82) is 0 Å². The number of rotatable bonds is 6. The van der Waals surface area contributed by atoms with E-state index >= 15 is 0 Å². The standard InChI is InChI=1S/C7H16NO/c1-2-3-4-5-6-8-7-9/h8H,2-7H2,1H3. The van der Waals surface area contributed by atoms with Crippen LogP contribution in [0.1, 0.15) is 32.6 Å². The topological polar surface area (TPSA) is 31.9 Å². The summed E-state index contributed by atoms with van der Waals surface area (Å²) in [5.74, 6) is 0. The molecule has 0 aliphatic rings. The lowest BCUT2D eigenvalue weighted by atomic mass is 10.2. The fourth-order valence-electron chi connectivity index (χ4n) is 0.749. The summed E-state index contributed by atoms with van der Waals surface area (Å²) in [6, 6.07) is 0. The van der Waals surface area contributed by atoms with E-state index in [1.54, 1.807) is 0 Å². The molecule has 0 aromatic carbocycles. The van der Waals surface area contributed by atoms with Gasteiger partial charge in [0.05, 0.1) is 0 Å². The predicted molar refractivity (Wildman–Crippen MR) is 37.7 cm³/mol. The van der Waals surface area contributed by atoms with Crippen molar-refractivity contribution < 1.29 is 5.11 Å². The maximum atomic E-state index is 9.85. The molecule has 0 amide bonds. The Morgan fingerprint density at radius 3 is 2.56 bits per heavy atom. The molecule has 0 saturated carbocycles. The maximum absolute atomic E-state index is 9.85. The van der Waals surface area contributed by atoms with E-state index in [0.717, 1.165) is 13.0 Å². The zero-order chi connectivity index (χ0) is 6.95. The molecule has 1 radical (unpaired) electrons. The van der Waals surface area contributed by atoms with Gasteiger partial charge in [0, 0.05) is 0 Å². The SMILES string of the molecule is CCCCCCNC[O]. The largest absolute Gasteiger partial charge is 0.292 e. The van der Waals surface area contributed by atoms with Crippen LogP contribution in [0.3, 0.4) is 0 Å². The zero-order valence-corrected chi connectivity index (χ0v) is 6.15. The average Bonchev–Trinajstić information content (AvgIpc) is 1.89. The van der Waals surface area contributed by atoms with Crippen LogP contribution in [0, 0.1) is 0 Å². The van der Waals surface area contributed by atoms with Gasteiger partial charge < -0.3 is 0 Å².